The van der Waals surface area contributed by atoms with Gasteiger partial charge >= 0.3 is 0 Å². The summed E-state index contributed by atoms with van der Waals surface area (Å²) in [5.74, 6) is 1.26. The van der Waals surface area contributed by atoms with Crippen molar-refractivity contribution in [3.63, 3.8) is 0 Å². The van der Waals surface area contributed by atoms with Crippen LogP contribution in [0.25, 0.3) is 0 Å². The second kappa shape index (κ2) is 6.45. The number of thioether (sulfide) groups is 1. The molecule has 0 unspecified atom stereocenters. The highest BCUT2D eigenvalue weighted by Crippen LogP contribution is 2.34. The standard InChI is InChI=1S/C13H16BrNOS/c14-8-4-3-7-13(16)15-9-10-17-12-6-2-1-5-11(12)15/h1-2,5-6H,3-4,7-10H2. The molecule has 17 heavy (non-hydrogen) atoms. The fourth-order valence-corrected chi connectivity index (χ4v) is 3.33. The van der Waals surface area contributed by atoms with Crippen LogP contribution in [-0.4, -0.2) is 23.5 Å². The lowest BCUT2D eigenvalue weighted by Crippen LogP contribution is -2.35. The molecule has 0 saturated carbocycles. The van der Waals surface area contributed by atoms with Gasteiger partial charge in [0.05, 0.1) is 5.69 Å². The minimum Gasteiger partial charge on any atom is -0.310 e. The summed E-state index contributed by atoms with van der Waals surface area (Å²) in [5, 5.41) is 0.979. The first-order valence-electron chi connectivity index (χ1n) is 5.91. The Morgan fingerprint density at radius 1 is 1.35 bits per heavy atom. The number of halogens is 1. The first kappa shape index (κ1) is 13.0. The molecule has 1 heterocycles. The molecule has 0 radical (unpaired) electrons. The van der Waals surface area contributed by atoms with Crippen LogP contribution in [0.1, 0.15) is 19.3 Å². The van der Waals surface area contributed by atoms with Gasteiger partial charge in [-0.25, -0.2) is 0 Å². The van der Waals surface area contributed by atoms with Crippen LogP contribution in [0.3, 0.4) is 0 Å². The van der Waals surface area contributed by atoms with Crippen LogP contribution in [-0.2, 0) is 4.79 Å². The smallest absolute Gasteiger partial charge is 0.227 e. The third kappa shape index (κ3) is 3.26. The molecule has 4 heteroatoms. The predicted octanol–water partition coefficient (Wildman–Crippen LogP) is 3.69. The normalized spacial score (nSPS) is 14.5. The number of unbranched alkanes of at least 4 members (excludes halogenated alkanes) is 1. The lowest BCUT2D eigenvalue weighted by atomic mass is 10.2. The van der Waals surface area contributed by atoms with Gasteiger partial charge in [-0.3, -0.25) is 4.79 Å². The van der Waals surface area contributed by atoms with Gasteiger partial charge in [0, 0.05) is 28.9 Å². The molecule has 1 amide bonds. The molecule has 0 aliphatic carbocycles. The Kier molecular flexibility index (Phi) is 4.92. The van der Waals surface area contributed by atoms with Crippen molar-refractivity contribution < 1.29 is 4.79 Å². The maximum Gasteiger partial charge on any atom is 0.227 e. The van der Waals surface area contributed by atoms with Crippen LogP contribution in [0.4, 0.5) is 5.69 Å². The summed E-state index contributed by atoms with van der Waals surface area (Å²) < 4.78 is 0. The number of anilines is 1. The predicted molar refractivity (Wildman–Crippen MR) is 77.2 cm³/mol. The lowest BCUT2D eigenvalue weighted by molar-refractivity contribution is -0.118. The van der Waals surface area contributed by atoms with Crippen LogP contribution in [0, 0.1) is 0 Å². The molecule has 0 spiro atoms. The molecule has 0 fully saturated rings. The van der Waals surface area contributed by atoms with Gasteiger partial charge in [0.15, 0.2) is 0 Å². The van der Waals surface area contributed by atoms with Gasteiger partial charge in [-0.1, -0.05) is 28.1 Å². The molecule has 0 bridgehead atoms. The Morgan fingerprint density at radius 3 is 3.00 bits per heavy atom. The molecule has 0 atom stereocenters. The van der Waals surface area contributed by atoms with E-state index in [1.54, 1.807) is 0 Å². The van der Waals surface area contributed by atoms with Crippen molar-refractivity contribution in [1.29, 1.82) is 0 Å². The minimum absolute atomic E-state index is 0.263. The van der Waals surface area contributed by atoms with E-state index in [0.717, 1.165) is 36.2 Å². The summed E-state index contributed by atoms with van der Waals surface area (Å²) in [6.45, 7) is 0.842. The number of carbonyl (C=O) groups is 1. The van der Waals surface area contributed by atoms with E-state index in [-0.39, 0.29) is 5.91 Å². The summed E-state index contributed by atoms with van der Waals surface area (Å²) in [7, 11) is 0. The van der Waals surface area contributed by atoms with Crippen molar-refractivity contribution in [2.24, 2.45) is 0 Å². The van der Waals surface area contributed by atoms with E-state index in [2.05, 4.69) is 22.0 Å². The number of rotatable bonds is 4. The average Bonchev–Trinajstić information content (AvgIpc) is 2.38. The third-order valence-electron chi connectivity index (χ3n) is 2.80. The monoisotopic (exact) mass is 313 g/mol. The molecule has 1 aliphatic rings. The van der Waals surface area contributed by atoms with Gasteiger partial charge < -0.3 is 4.90 Å². The summed E-state index contributed by atoms with van der Waals surface area (Å²) in [5.41, 5.74) is 1.09. The molecule has 0 N–H and O–H groups in total. The largest absolute Gasteiger partial charge is 0.310 e. The van der Waals surface area contributed by atoms with Crippen LogP contribution in [0.15, 0.2) is 29.2 Å². The van der Waals surface area contributed by atoms with Crippen molar-refractivity contribution in [1.82, 2.24) is 0 Å². The number of nitrogens with zero attached hydrogens (tertiary/aromatic N) is 1. The Balaban J connectivity index is 2.05. The minimum atomic E-state index is 0.263. The zero-order valence-corrected chi connectivity index (χ0v) is 12.1. The van der Waals surface area contributed by atoms with Crippen LogP contribution in [0.2, 0.25) is 0 Å². The van der Waals surface area contributed by atoms with Gasteiger partial charge in [0.1, 0.15) is 0 Å². The number of para-hydroxylation sites is 1. The second-order valence-corrected chi connectivity index (χ2v) is 5.94. The van der Waals surface area contributed by atoms with E-state index in [0.29, 0.717) is 6.42 Å². The zero-order valence-electron chi connectivity index (χ0n) is 9.69. The highest BCUT2D eigenvalue weighted by atomic mass is 79.9. The Labute approximate surface area is 115 Å². The van der Waals surface area contributed by atoms with E-state index in [9.17, 15) is 4.79 Å². The molecule has 1 aromatic rings. The summed E-state index contributed by atoms with van der Waals surface area (Å²) in [4.78, 5) is 15.3. The number of fused-ring (bicyclic) bond motifs is 1. The van der Waals surface area contributed by atoms with Crippen molar-refractivity contribution in [2.75, 3.05) is 22.5 Å². The molecule has 0 saturated heterocycles. The SMILES string of the molecule is O=C(CCCCBr)N1CCSc2ccccc21. The average molecular weight is 314 g/mol. The third-order valence-corrected chi connectivity index (χ3v) is 4.41. The Bertz CT molecular complexity index is 397. The van der Waals surface area contributed by atoms with Gasteiger partial charge in [0.2, 0.25) is 5.91 Å². The molecule has 2 rings (SSSR count). The maximum absolute atomic E-state index is 12.1. The van der Waals surface area contributed by atoms with Gasteiger partial charge in [-0.2, -0.15) is 0 Å². The number of carbonyl (C=O) groups excluding carboxylic acids is 1. The Morgan fingerprint density at radius 2 is 2.18 bits per heavy atom. The number of benzene rings is 1. The fourth-order valence-electron chi connectivity index (χ4n) is 1.93. The van der Waals surface area contributed by atoms with Crippen LogP contribution < -0.4 is 4.90 Å². The van der Waals surface area contributed by atoms with E-state index in [1.807, 2.05) is 34.9 Å². The summed E-state index contributed by atoms with van der Waals surface area (Å²) in [6.07, 6.45) is 2.69. The fraction of sp³-hybridized carbons (Fsp3) is 0.462. The molecule has 2 nitrogen and oxygen atoms in total. The zero-order chi connectivity index (χ0) is 12.1. The topological polar surface area (TPSA) is 20.3 Å². The molecule has 0 aromatic heterocycles. The highest BCUT2D eigenvalue weighted by molar-refractivity contribution is 9.09. The quantitative estimate of drug-likeness (QED) is 0.624. The summed E-state index contributed by atoms with van der Waals surface area (Å²) in [6, 6.07) is 8.18. The van der Waals surface area contributed by atoms with Crippen LogP contribution >= 0.6 is 27.7 Å². The molecular formula is C13H16BrNOS. The van der Waals surface area contributed by atoms with E-state index >= 15 is 0 Å². The van der Waals surface area contributed by atoms with E-state index in [1.165, 1.54) is 4.90 Å². The van der Waals surface area contributed by atoms with Crippen molar-refractivity contribution in [3.05, 3.63) is 24.3 Å². The first-order chi connectivity index (χ1) is 8.33. The number of alkyl halides is 1. The van der Waals surface area contributed by atoms with Gasteiger partial charge in [-0.15, -0.1) is 11.8 Å². The summed E-state index contributed by atoms with van der Waals surface area (Å²) >= 11 is 5.23. The first-order valence-corrected chi connectivity index (χ1v) is 8.02. The highest BCUT2D eigenvalue weighted by Gasteiger charge is 2.21. The van der Waals surface area contributed by atoms with E-state index < -0.39 is 0 Å². The van der Waals surface area contributed by atoms with Crippen molar-refractivity contribution in [2.45, 2.75) is 24.2 Å². The number of amides is 1. The number of hydrogen-bond donors (Lipinski definition) is 0. The maximum atomic E-state index is 12.1. The number of hydrogen-bond acceptors (Lipinski definition) is 2. The molecule has 1 aromatic carbocycles. The van der Waals surface area contributed by atoms with Gasteiger partial charge in [-0.05, 0) is 25.0 Å². The van der Waals surface area contributed by atoms with Crippen LogP contribution in [0.5, 0.6) is 0 Å². The van der Waals surface area contributed by atoms with E-state index in [4.69, 9.17) is 0 Å². The molecular weight excluding hydrogens is 298 g/mol. The van der Waals surface area contributed by atoms with Crippen molar-refractivity contribution in [3.8, 4) is 0 Å². The lowest BCUT2D eigenvalue weighted by Gasteiger charge is -2.29. The molecule has 92 valence electrons. The van der Waals surface area contributed by atoms with Gasteiger partial charge in [0.25, 0.3) is 0 Å². The Hall–Kier alpha value is -0.480. The second-order valence-electron chi connectivity index (χ2n) is 4.01. The molecule has 1 aliphatic heterocycles. The van der Waals surface area contributed by atoms with Crippen molar-refractivity contribution >= 4 is 39.3 Å².